The standard InChI is InChI=1S/C37H52BrN3O7/c1-9-12-18-28(43)39(8)24(7)31(25-16-14-13-15-17-25)47-36(46)29-30-34(44)41(27(21-42)23(6)11-3)33(35(45)40(19-10-2)22(4)5)37(30)20-26(38)32(29)48-37/h9-10,13-17,22-24,26-27,29-33,42H,1-2,11-12,18-21H2,3-8H3/t23-,24+,26?,27-,29-,30+,31-,32-,33-,37+/m0/s1. The molecule has 1 N–H and O–H groups in total. The fraction of sp³-hybridized carbons (Fsp3) is 0.622. The van der Waals surface area contributed by atoms with E-state index < -0.39 is 53.7 Å². The molecule has 4 rings (SSSR count). The molecule has 0 saturated carbocycles. The first-order chi connectivity index (χ1) is 22.8. The molecule has 3 heterocycles. The molecule has 3 amide bonds. The van der Waals surface area contributed by atoms with Gasteiger partial charge in [0, 0.05) is 30.9 Å². The molecule has 2 bridgehead atoms. The van der Waals surface area contributed by atoms with Crippen LogP contribution in [-0.4, -0.2) is 104 Å². The van der Waals surface area contributed by atoms with Crippen molar-refractivity contribution >= 4 is 39.6 Å². The first-order valence-electron chi connectivity index (χ1n) is 17.1. The number of hydrogen-bond acceptors (Lipinski definition) is 7. The third-order valence-electron chi connectivity index (χ3n) is 10.7. The summed E-state index contributed by atoms with van der Waals surface area (Å²) in [6.45, 7) is 17.0. The topological polar surface area (TPSA) is 117 Å². The largest absolute Gasteiger partial charge is 0.455 e. The maximum absolute atomic E-state index is 14.7. The van der Waals surface area contributed by atoms with Gasteiger partial charge in [-0.3, -0.25) is 19.2 Å². The van der Waals surface area contributed by atoms with Crippen molar-refractivity contribution in [3.05, 3.63) is 61.2 Å². The SMILES string of the molecule is C=CCCC(=O)N(C)[C@H](C)[C@H](OC(=O)[C@@H]1[C@H]2O[C@@]3(CC2Br)[C@H](C(=O)N(CC=C)C(C)C)N([C@@H](CO)[C@@H](C)CC)C(=O)[C@@H]13)c1ccccc1. The molecule has 3 fully saturated rings. The van der Waals surface area contributed by atoms with Crippen molar-refractivity contribution < 1.29 is 33.8 Å². The second-order valence-electron chi connectivity index (χ2n) is 13.8. The van der Waals surface area contributed by atoms with E-state index >= 15 is 0 Å². The Balaban J connectivity index is 1.77. The highest BCUT2D eigenvalue weighted by atomic mass is 79.9. The number of nitrogens with zero attached hydrogens (tertiary/aromatic N) is 3. The number of rotatable bonds is 16. The molecule has 11 heteroatoms. The molecule has 1 aromatic carbocycles. The molecule has 3 aliphatic rings. The van der Waals surface area contributed by atoms with Gasteiger partial charge in [0.15, 0.2) is 0 Å². The van der Waals surface area contributed by atoms with Gasteiger partial charge in [0.05, 0.1) is 36.6 Å². The third-order valence-corrected chi connectivity index (χ3v) is 11.5. The summed E-state index contributed by atoms with van der Waals surface area (Å²) in [6, 6.07) is 6.80. The zero-order valence-electron chi connectivity index (χ0n) is 29.1. The lowest BCUT2D eigenvalue weighted by atomic mass is 9.70. The number of ether oxygens (including phenoxy) is 2. The predicted molar refractivity (Wildman–Crippen MR) is 187 cm³/mol. The van der Waals surface area contributed by atoms with Gasteiger partial charge in [-0.05, 0) is 45.1 Å². The van der Waals surface area contributed by atoms with E-state index in [1.54, 1.807) is 29.0 Å². The number of fused-ring (bicyclic) bond motifs is 1. The molecule has 0 radical (unpaired) electrons. The molecule has 3 saturated heterocycles. The van der Waals surface area contributed by atoms with Crippen LogP contribution in [0.15, 0.2) is 55.6 Å². The minimum atomic E-state index is -1.31. The molecular weight excluding hydrogens is 678 g/mol. The Morgan fingerprint density at radius 1 is 1.17 bits per heavy atom. The average molecular weight is 731 g/mol. The number of carbonyl (C=O) groups is 4. The zero-order valence-corrected chi connectivity index (χ0v) is 30.7. The van der Waals surface area contributed by atoms with Crippen LogP contribution in [0.2, 0.25) is 0 Å². The van der Waals surface area contributed by atoms with Crippen LogP contribution >= 0.6 is 15.9 Å². The maximum atomic E-state index is 14.7. The highest BCUT2D eigenvalue weighted by Gasteiger charge is 2.78. The van der Waals surface area contributed by atoms with E-state index in [-0.39, 0.29) is 54.1 Å². The number of alkyl halides is 1. The number of halogens is 1. The fourth-order valence-corrected chi connectivity index (χ4v) is 8.71. The summed E-state index contributed by atoms with van der Waals surface area (Å²) >= 11 is 3.74. The van der Waals surface area contributed by atoms with Crippen molar-refractivity contribution in [1.29, 1.82) is 0 Å². The van der Waals surface area contributed by atoms with Gasteiger partial charge < -0.3 is 29.3 Å². The summed E-state index contributed by atoms with van der Waals surface area (Å²) in [5.41, 5.74) is -0.602. The van der Waals surface area contributed by atoms with Gasteiger partial charge >= 0.3 is 5.97 Å². The monoisotopic (exact) mass is 729 g/mol. The van der Waals surface area contributed by atoms with Crippen molar-refractivity contribution in [3.8, 4) is 0 Å². The number of allylic oxidation sites excluding steroid dienone is 1. The Kier molecular flexibility index (Phi) is 12.3. The van der Waals surface area contributed by atoms with Gasteiger partial charge in [-0.1, -0.05) is 78.7 Å². The number of amides is 3. The summed E-state index contributed by atoms with van der Waals surface area (Å²) < 4.78 is 13.1. The van der Waals surface area contributed by atoms with Crippen LogP contribution in [0.3, 0.4) is 0 Å². The number of likely N-dealkylation sites (tertiary alicyclic amines) is 1. The summed E-state index contributed by atoms with van der Waals surface area (Å²) in [5, 5.41) is 10.7. The molecule has 1 aromatic rings. The Bertz CT molecular complexity index is 1360. The van der Waals surface area contributed by atoms with Crippen molar-refractivity contribution in [1.82, 2.24) is 14.7 Å². The average Bonchev–Trinajstić information content (AvgIpc) is 3.67. The van der Waals surface area contributed by atoms with Crippen LogP contribution in [0.25, 0.3) is 0 Å². The molecule has 1 spiro atoms. The Labute approximate surface area is 293 Å². The molecule has 10 nitrogen and oxygen atoms in total. The molecule has 3 aliphatic heterocycles. The van der Waals surface area contributed by atoms with Crippen LogP contribution in [-0.2, 0) is 28.7 Å². The van der Waals surface area contributed by atoms with Gasteiger partial charge in [-0.15, -0.1) is 13.2 Å². The lowest BCUT2D eigenvalue weighted by molar-refractivity contribution is -0.165. The molecule has 10 atom stereocenters. The van der Waals surface area contributed by atoms with Crippen LogP contribution in [0.1, 0.15) is 72.0 Å². The zero-order chi connectivity index (χ0) is 35.5. The third kappa shape index (κ3) is 6.74. The van der Waals surface area contributed by atoms with Gasteiger partial charge in [-0.2, -0.15) is 0 Å². The van der Waals surface area contributed by atoms with Gasteiger partial charge in [0.25, 0.3) is 0 Å². The van der Waals surface area contributed by atoms with Crippen LogP contribution in [0.5, 0.6) is 0 Å². The van der Waals surface area contributed by atoms with Crippen molar-refractivity contribution in [2.24, 2.45) is 17.8 Å². The van der Waals surface area contributed by atoms with Gasteiger partial charge in [-0.25, -0.2) is 0 Å². The number of likely N-dealkylation sites (N-methyl/N-ethyl adjacent to an activating group) is 1. The molecule has 0 aromatic heterocycles. The number of esters is 1. The van der Waals surface area contributed by atoms with Crippen LogP contribution < -0.4 is 0 Å². The predicted octanol–water partition coefficient (Wildman–Crippen LogP) is 4.66. The number of carbonyl (C=O) groups excluding carboxylic acids is 4. The quantitative estimate of drug-likeness (QED) is 0.150. The van der Waals surface area contributed by atoms with E-state index in [1.807, 2.05) is 65.0 Å². The van der Waals surface area contributed by atoms with E-state index in [1.165, 1.54) is 4.90 Å². The minimum absolute atomic E-state index is 0.112. The molecule has 264 valence electrons. The van der Waals surface area contributed by atoms with E-state index in [0.717, 1.165) is 0 Å². The number of aliphatic hydroxyl groups excluding tert-OH is 1. The summed E-state index contributed by atoms with van der Waals surface area (Å²) in [7, 11) is 1.69. The lowest BCUT2D eigenvalue weighted by Crippen LogP contribution is -2.60. The fourth-order valence-electron chi connectivity index (χ4n) is 7.76. The summed E-state index contributed by atoms with van der Waals surface area (Å²) in [6.07, 6.45) is 3.58. The van der Waals surface area contributed by atoms with Crippen molar-refractivity contribution in [2.45, 2.75) is 107 Å². The normalized spacial score (nSPS) is 28.4. The lowest BCUT2D eigenvalue weighted by Gasteiger charge is -2.41. The molecule has 0 aliphatic carbocycles. The smallest absolute Gasteiger partial charge is 0.313 e. The van der Waals surface area contributed by atoms with Gasteiger partial charge in [0.2, 0.25) is 17.7 Å². The van der Waals surface area contributed by atoms with E-state index in [9.17, 15) is 24.3 Å². The maximum Gasteiger partial charge on any atom is 0.313 e. The van der Waals surface area contributed by atoms with E-state index in [2.05, 4.69) is 29.1 Å². The minimum Gasteiger partial charge on any atom is -0.455 e. The second kappa shape index (κ2) is 15.7. The van der Waals surface area contributed by atoms with Crippen LogP contribution in [0.4, 0.5) is 0 Å². The van der Waals surface area contributed by atoms with Gasteiger partial charge in [0.1, 0.15) is 17.7 Å². The molecular formula is C37H52BrN3O7. The highest BCUT2D eigenvalue weighted by molar-refractivity contribution is 9.09. The van der Waals surface area contributed by atoms with E-state index in [4.69, 9.17) is 9.47 Å². The first-order valence-corrected chi connectivity index (χ1v) is 18.0. The number of aliphatic hydroxyl groups is 1. The number of hydrogen-bond donors (Lipinski definition) is 1. The Hall–Kier alpha value is -3.02. The highest BCUT2D eigenvalue weighted by Crippen LogP contribution is 2.61. The summed E-state index contributed by atoms with van der Waals surface area (Å²) in [4.78, 5) is 61.3. The second-order valence-corrected chi connectivity index (χ2v) is 14.9. The summed E-state index contributed by atoms with van der Waals surface area (Å²) in [5.74, 6) is -3.56. The first kappa shape index (κ1) is 37.8. The molecule has 1 unspecified atom stereocenters. The van der Waals surface area contributed by atoms with Crippen molar-refractivity contribution in [3.63, 3.8) is 0 Å². The number of benzene rings is 1. The van der Waals surface area contributed by atoms with Crippen molar-refractivity contribution in [2.75, 3.05) is 20.2 Å². The van der Waals surface area contributed by atoms with Crippen LogP contribution in [0, 0.1) is 17.8 Å². The molecule has 48 heavy (non-hydrogen) atoms. The van der Waals surface area contributed by atoms with E-state index in [0.29, 0.717) is 24.8 Å². The Morgan fingerprint density at radius 3 is 2.40 bits per heavy atom. The Morgan fingerprint density at radius 2 is 1.83 bits per heavy atom.